The van der Waals surface area contributed by atoms with Gasteiger partial charge in [-0.1, -0.05) is 0 Å². The number of hydrogen-bond acceptors (Lipinski definition) is 7. The molecule has 1 aliphatic rings. The van der Waals surface area contributed by atoms with Crippen molar-refractivity contribution < 1.29 is 29.0 Å². The van der Waals surface area contributed by atoms with Crippen molar-refractivity contribution in [3.8, 4) is 0 Å². The average Bonchev–Trinajstić information content (AvgIpc) is 2.65. The van der Waals surface area contributed by atoms with Crippen LogP contribution < -0.4 is 0 Å². The van der Waals surface area contributed by atoms with Crippen LogP contribution in [0.1, 0.15) is 13.8 Å². The SMILES string of the molecule is COC(OC)[C@H](C(O)[C@H]1COC(C)(C)O1)[N+](=O)[O-]. The summed E-state index contributed by atoms with van der Waals surface area (Å²) < 4.78 is 20.3. The number of rotatable bonds is 6. The molecule has 18 heavy (non-hydrogen) atoms. The molecule has 0 aliphatic carbocycles. The van der Waals surface area contributed by atoms with Crippen molar-refractivity contribution in [1.29, 1.82) is 0 Å². The van der Waals surface area contributed by atoms with E-state index in [1.807, 2.05) is 0 Å². The highest BCUT2D eigenvalue weighted by molar-refractivity contribution is 4.84. The van der Waals surface area contributed by atoms with Crippen LogP contribution in [0.25, 0.3) is 0 Å². The fourth-order valence-electron chi connectivity index (χ4n) is 1.86. The van der Waals surface area contributed by atoms with Crippen LogP contribution in [0, 0.1) is 10.1 Å². The lowest BCUT2D eigenvalue weighted by Gasteiger charge is -2.25. The van der Waals surface area contributed by atoms with E-state index in [1.165, 1.54) is 14.2 Å². The van der Waals surface area contributed by atoms with Gasteiger partial charge in [0.1, 0.15) is 6.10 Å². The highest BCUT2D eigenvalue weighted by Crippen LogP contribution is 2.26. The molecule has 1 saturated heterocycles. The maximum absolute atomic E-state index is 11.0. The summed E-state index contributed by atoms with van der Waals surface area (Å²) in [6, 6.07) is -1.44. The minimum atomic E-state index is -1.44. The largest absolute Gasteiger partial charge is 0.383 e. The summed E-state index contributed by atoms with van der Waals surface area (Å²) in [7, 11) is 2.54. The van der Waals surface area contributed by atoms with Gasteiger partial charge in [0.15, 0.2) is 11.9 Å². The van der Waals surface area contributed by atoms with Crippen molar-refractivity contribution in [2.75, 3.05) is 20.8 Å². The summed E-state index contributed by atoms with van der Waals surface area (Å²) in [5.41, 5.74) is 0. The van der Waals surface area contributed by atoms with Crippen molar-refractivity contribution in [3.05, 3.63) is 10.1 Å². The third kappa shape index (κ3) is 3.36. The van der Waals surface area contributed by atoms with E-state index >= 15 is 0 Å². The normalized spacial score (nSPS) is 26.2. The first-order valence-electron chi connectivity index (χ1n) is 5.51. The third-order valence-corrected chi connectivity index (χ3v) is 2.75. The molecule has 8 nitrogen and oxygen atoms in total. The van der Waals surface area contributed by atoms with Gasteiger partial charge in [-0.15, -0.1) is 0 Å². The van der Waals surface area contributed by atoms with Crippen LogP contribution in [-0.4, -0.2) is 61.2 Å². The van der Waals surface area contributed by atoms with E-state index in [0.717, 1.165) is 0 Å². The molecule has 8 heteroatoms. The van der Waals surface area contributed by atoms with Gasteiger partial charge in [0.25, 0.3) is 6.04 Å². The Hall–Kier alpha value is -0.800. The smallest absolute Gasteiger partial charge is 0.291 e. The molecule has 1 aliphatic heterocycles. The maximum atomic E-state index is 11.0. The van der Waals surface area contributed by atoms with Crippen LogP contribution >= 0.6 is 0 Å². The van der Waals surface area contributed by atoms with Gasteiger partial charge in [0, 0.05) is 19.1 Å². The molecule has 0 aromatic heterocycles. The van der Waals surface area contributed by atoms with Gasteiger partial charge in [-0.2, -0.15) is 0 Å². The summed E-state index contributed by atoms with van der Waals surface area (Å²) in [4.78, 5) is 10.4. The molecule has 1 unspecified atom stereocenters. The highest BCUT2D eigenvalue weighted by Gasteiger charge is 2.48. The van der Waals surface area contributed by atoms with Crippen molar-refractivity contribution in [3.63, 3.8) is 0 Å². The molecule has 1 rings (SSSR count). The minimum Gasteiger partial charge on any atom is -0.383 e. The average molecular weight is 265 g/mol. The quantitative estimate of drug-likeness (QED) is 0.402. The minimum absolute atomic E-state index is 0.0820. The van der Waals surface area contributed by atoms with Gasteiger partial charge >= 0.3 is 0 Å². The zero-order chi connectivity index (χ0) is 13.9. The van der Waals surface area contributed by atoms with Gasteiger partial charge in [0.2, 0.25) is 6.29 Å². The maximum Gasteiger partial charge on any atom is 0.291 e. The molecular weight excluding hydrogens is 246 g/mol. The molecule has 0 bridgehead atoms. The lowest BCUT2D eigenvalue weighted by Crippen LogP contribution is -2.51. The Morgan fingerprint density at radius 3 is 2.33 bits per heavy atom. The van der Waals surface area contributed by atoms with E-state index in [4.69, 9.17) is 18.9 Å². The Morgan fingerprint density at radius 1 is 1.44 bits per heavy atom. The molecule has 1 N–H and O–H groups in total. The van der Waals surface area contributed by atoms with Gasteiger partial charge in [-0.05, 0) is 13.8 Å². The van der Waals surface area contributed by atoms with Gasteiger partial charge in [-0.3, -0.25) is 10.1 Å². The van der Waals surface area contributed by atoms with E-state index in [-0.39, 0.29) is 6.61 Å². The van der Waals surface area contributed by atoms with Gasteiger partial charge in [0.05, 0.1) is 6.61 Å². The second kappa shape index (κ2) is 5.89. The summed E-state index contributed by atoms with van der Waals surface area (Å²) in [5.74, 6) is -0.859. The first-order valence-corrected chi connectivity index (χ1v) is 5.51. The molecule has 0 aromatic rings. The van der Waals surface area contributed by atoms with Crippen LogP contribution in [0.5, 0.6) is 0 Å². The molecule has 0 spiro atoms. The molecule has 0 radical (unpaired) electrons. The first kappa shape index (κ1) is 15.3. The number of ether oxygens (including phenoxy) is 4. The summed E-state index contributed by atoms with van der Waals surface area (Å²) in [6.07, 6.45) is -3.32. The molecule has 0 aromatic carbocycles. The Bertz CT molecular complexity index is 292. The van der Waals surface area contributed by atoms with Crippen molar-refractivity contribution in [2.45, 2.75) is 44.2 Å². The van der Waals surface area contributed by atoms with Gasteiger partial charge in [-0.25, -0.2) is 0 Å². The Morgan fingerprint density at radius 2 is 2.00 bits per heavy atom. The number of nitrogens with zero attached hydrogens (tertiary/aromatic N) is 1. The standard InChI is InChI=1S/C10H19NO7/c1-10(2)17-5-6(18-10)8(12)7(11(13)14)9(15-3)16-4/h6-9,12H,5H2,1-4H3/t6-,7+,8?/m1/s1. The van der Waals surface area contributed by atoms with Crippen molar-refractivity contribution in [2.24, 2.45) is 0 Å². The van der Waals surface area contributed by atoms with Crippen LogP contribution in [0.3, 0.4) is 0 Å². The van der Waals surface area contributed by atoms with E-state index < -0.39 is 35.3 Å². The molecule has 0 amide bonds. The van der Waals surface area contributed by atoms with Gasteiger partial charge < -0.3 is 24.1 Å². The molecule has 1 heterocycles. The number of aliphatic hydroxyl groups excluding tert-OH is 1. The predicted octanol–water partition coefficient (Wildman–Crippen LogP) is -0.237. The number of methoxy groups -OCH3 is 2. The zero-order valence-electron chi connectivity index (χ0n) is 10.9. The lowest BCUT2D eigenvalue weighted by atomic mass is 10.1. The van der Waals surface area contributed by atoms with E-state index in [9.17, 15) is 15.2 Å². The third-order valence-electron chi connectivity index (χ3n) is 2.75. The number of nitro groups is 1. The van der Waals surface area contributed by atoms with Crippen molar-refractivity contribution >= 4 is 0 Å². The highest BCUT2D eigenvalue weighted by atomic mass is 16.7. The summed E-state index contributed by atoms with van der Waals surface area (Å²) >= 11 is 0. The molecular formula is C10H19NO7. The van der Waals surface area contributed by atoms with E-state index in [2.05, 4.69) is 0 Å². The van der Waals surface area contributed by atoms with Crippen LogP contribution in [0.4, 0.5) is 0 Å². The number of hydrogen-bond donors (Lipinski definition) is 1. The number of aliphatic hydroxyl groups is 1. The van der Waals surface area contributed by atoms with Crippen LogP contribution in [0.2, 0.25) is 0 Å². The second-order valence-electron chi connectivity index (χ2n) is 4.47. The van der Waals surface area contributed by atoms with Crippen LogP contribution in [0.15, 0.2) is 0 Å². The Labute approximate surface area is 105 Å². The van der Waals surface area contributed by atoms with Crippen LogP contribution in [-0.2, 0) is 18.9 Å². The monoisotopic (exact) mass is 265 g/mol. The fourth-order valence-corrected chi connectivity index (χ4v) is 1.86. The lowest BCUT2D eigenvalue weighted by molar-refractivity contribution is -0.562. The molecule has 1 fully saturated rings. The topological polar surface area (TPSA) is 100 Å². The molecule has 0 saturated carbocycles. The molecule has 3 atom stereocenters. The summed E-state index contributed by atoms with van der Waals surface area (Å²) in [6.45, 7) is 3.43. The van der Waals surface area contributed by atoms with E-state index in [0.29, 0.717) is 0 Å². The predicted molar refractivity (Wildman–Crippen MR) is 59.5 cm³/mol. The van der Waals surface area contributed by atoms with Crippen molar-refractivity contribution in [1.82, 2.24) is 0 Å². The summed E-state index contributed by atoms with van der Waals surface area (Å²) in [5, 5.41) is 21.0. The fraction of sp³-hybridized carbons (Fsp3) is 1.00. The second-order valence-corrected chi connectivity index (χ2v) is 4.47. The Kier molecular flexibility index (Phi) is 5.00. The first-order chi connectivity index (χ1) is 8.32. The zero-order valence-corrected chi connectivity index (χ0v) is 10.9. The molecule has 106 valence electrons. The van der Waals surface area contributed by atoms with E-state index in [1.54, 1.807) is 13.8 Å². The Balaban J connectivity index is 2.77.